The summed E-state index contributed by atoms with van der Waals surface area (Å²) in [6.07, 6.45) is 0. The minimum atomic E-state index is -0.222. The molecule has 124 valence electrons. The predicted molar refractivity (Wildman–Crippen MR) is 88.9 cm³/mol. The Morgan fingerprint density at radius 3 is 2.74 bits per heavy atom. The van der Waals surface area contributed by atoms with E-state index >= 15 is 0 Å². The van der Waals surface area contributed by atoms with Crippen LogP contribution in [0.15, 0.2) is 18.2 Å². The third kappa shape index (κ3) is 4.03. The molecular formula is C16H20ClN3O3. The molecule has 2 rings (SSSR count). The molecule has 0 atom stereocenters. The second-order valence-electron chi connectivity index (χ2n) is 5.10. The topological polar surface area (TPSA) is 76.4 Å². The lowest BCUT2D eigenvalue weighted by molar-refractivity contribution is -0.116. The molecule has 0 saturated carbocycles. The van der Waals surface area contributed by atoms with Crippen LogP contribution in [0.5, 0.6) is 5.75 Å². The molecule has 1 heterocycles. The van der Waals surface area contributed by atoms with Crippen LogP contribution in [0.2, 0.25) is 5.02 Å². The zero-order chi connectivity index (χ0) is 17.0. The summed E-state index contributed by atoms with van der Waals surface area (Å²) in [5, 5.41) is 17.0. The van der Waals surface area contributed by atoms with Crippen molar-refractivity contribution < 1.29 is 14.6 Å². The zero-order valence-electron chi connectivity index (χ0n) is 13.4. The summed E-state index contributed by atoms with van der Waals surface area (Å²) >= 11 is 6.07. The molecule has 7 heteroatoms. The summed E-state index contributed by atoms with van der Waals surface area (Å²) < 4.78 is 6.98. The average Bonchev–Trinajstić information content (AvgIpc) is 2.76. The number of anilines is 1. The lowest BCUT2D eigenvalue weighted by atomic mass is 10.2. The van der Waals surface area contributed by atoms with E-state index in [1.807, 2.05) is 13.8 Å². The van der Waals surface area contributed by atoms with Crippen molar-refractivity contribution in [2.24, 2.45) is 0 Å². The first-order valence-corrected chi connectivity index (χ1v) is 7.70. The van der Waals surface area contributed by atoms with E-state index in [2.05, 4.69) is 10.4 Å². The molecule has 1 aromatic heterocycles. The van der Waals surface area contributed by atoms with E-state index in [1.54, 1.807) is 29.8 Å². The highest BCUT2D eigenvalue weighted by Crippen LogP contribution is 2.23. The summed E-state index contributed by atoms with van der Waals surface area (Å²) in [6, 6.07) is 5.15. The Bertz CT molecular complexity index is 713. The number of amides is 1. The molecule has 0 aliphatic rings. The van der Waals surface area contributed by atoms with E-state index in [0.717, 1.165) is 5.69 Å². The van der Waals surface area contributed by atoms with Crippen molar-refractivity contribution >= 4 is 23.2 Å². The maximum absolute atomic E-state index is 12.2. The molecule has 0 aliphatic carbocycles. The van der Waals surface area contributed by atoms with Crippen LogP contribution in [0.25, 0.3) is 0 Å². The van der Waals surface area contributed by atoms with Crippen LogP contribution in [-0.2, 0) is 17.9 Å². The first kappa shape index (κ1) is 17.3. The predicted octanol–water partition coefficient (Wildman–Crippen LogP) is 2.68. The third-order valence-corrected chi connectivity index (χ3v) is 3.95. The van der Waals surface area contributed by atoms with Gasteiger partial charge in [-0.3, -0.25) is 9.48 Å². The number of ether oxygens (including phenoxy) is 1. The highest BCUT2D eigenvalue weighted by atomic mass is 35.5. The average molecular weight is 338 g/mol. The number of nitrogens with zero attached hydrogens (tertiary/aromatic N) is 2. The lowest BCUT2D eigenvalue weighted by Gasteiger charge is -2.11. The molecule has 2 aromatic rings. The number of hydrogen-bond acceptors (Lipinski definition) is 4. The molecule has 0 unspecified atom stereocenters. The molecule has 0 fully saturated rings. The Morgan fingerprint density at radius 2 is 2.17 bits per heavy atom. The summed E-state index contributed by atoms with van der Waals surface area (Å²) in [5.74, 6) is 0.388. The second-order valence-corrected chi connectivity index (χ2v) is 5.48. The normalized spacial score (nSPS) is 10.7. The molecule has 1 aromatic carbocycles. The van der Waals surface area contributed by atoms with Crippen molar-refractivity contribution in [1.82, 2.24) is 9.78 Å². The Hall–Kier alpha value is -2.05. The van der Waals surface area contributed by atoms with Gasteiger partial charge >= 0.3 is 0 Å². The Balaban J connectivity index is 2.09. The van der Waals surface area contributed by atoms with Gasteiger partial charge in [0, 0.05) is 11.3 Å². The van der Waals surface area contributed by atoms with E-state index in [4.69, 9.17) is 16.3 Å². The van der Waals surface area contributed by atoms with E-state index in [-0.39, 0.29) is 19.1 Å². The molecule has 6 nitrogen and oxygen atoms in total. The summed E-state index contributed by atoms with van der Waals surface area (Å²) in [5.41, 5.74) is 2.66. The fraction of sp³-hybridized carbons (Fsp3) is 0.375. The smallest absolute Gasteiger partial charge is 0.246 e. The maximum atomic E-state index is 12.2. The monoisotopic (exact) mass is 337 g/mol. The van der Waals surface area contributed by atoms with Crippen molar-refractivity contribution in [2.75, 3.05) is 11.9 Å². The number of aryl methyl sites for hydroxylation is 1. The van der Waals surface area contributed by atoms with Crippen LogP contribution < -0.4 is 10.1 Å². The molecule has 0 saturated heterocycles. The van der Waals surface area contributed by atoms with Gasteiger partial charge in [0.1, 0.15) is 12.3 Å². The molecule has 23 heavy (non-hydrogen) atoms. The molecule has 1 amide bonds. The van der Waals surface area contributed by atoms with Gasteiger partial charge in [-0.25, -0.2) is 0 Å². The first-order chi connectivity index (χ1) is 11.0. The van der Waals surface area contributed by atoms with Gasteiger partial charge in [0.15, 0.2) is 0 Å². The van der Waals surface area contributed by atoms with E-state index in [1.165, 1.54) is 0 Å². The molecule has 2 N–H and O–H groups in total. The van der Waals surface area contributed by atoms with Gasteiger partial charge in [0.25, 0.3) is 0 Å². The molecular weight excluding hydrogens is 318 g/mol. The van der Waals surface area contributed by atoms with Gasteiger partial charge in [-0.2, -0.15) is 5.10 Å². The van der Waals surface area contributed by atoms with Gasteiger partial charge in [0.05, 0.1) is 29.6 Å². The zero-order valence-corrected chi connectivity index (χ0v) is 14.1. The first-order valence-electron chi connectivity index (χ1n) is 7.32. The Kier molecular flexibility index (Phi) is 5.63. The van der Waals surface area contributed by atoms with E-state index in [0.29, 0.717) is 34.3 Å². The molecule has 0 radical (unpaired) electrons. The van der Waals surface area contributed by atoms with Crippen LogP contribution in [0.3, 0.4) is 0 Å². The highest BCUT2D eigenvalue weighted by Gasteiger charge is 2.13. The van der Waals surface area contributed by atoms with Gasteiger partial charge < -0.3 is 15.2 Å². The summed E-state index contributed by atoms with van der Waals surface area (Å²) in [6.45, 7) is 5.90. The molecule has 0 spiro atoms. The van der Waals surface area contributed by atoms with Crippen LogP contribution in [0.4, 0.5) is 5.69 Å². The second kappa shape index (κ2) is 7.48. The number of rotatable bonds is 6. The largest absolute Gasteiger partial charge is 0.494 e. The van der Waals surface area contributed by atoms with Crippen LogP contribution in [0, 0.1) is 13.8 Å². The van der Waals surface area contributed by atoms with E-state index < -0.39 is 0 Å². The SMILES string of the molecule is CCOc1ccc(NC(=O)Cn2nc(C)c(Cl)c2C)cc1CO. The minimum absolute atomic E-state index is 0.0705. The van der Waals surface area contributed by atoms with Gasteiger partial charge in [-0.05, 0) is 39.0 Å². The standard InChI is InChI=1S/C16H20ClN3O3/c1-4-23-14-6-5-13(7-12(14)9-21)18-15(22)8-20-11(3)16(17)10(2)19-20/h5-7,21H,4,8-9H2,1-3H3,(H,18,22). The van der Waals surface area contributed by atoms with Crippen molar-refractivity contribution in [3.8, 4) is 5.75 Å². The Labute approximate surface area is 140 Å². The van der Waals surface area contributed by atoms with Crippen LogP contribution in [-0.4, -0.2) is 27.4 Å². The number of aromatic nitrogens is 2. The highest BCUT2D eigenvalue weighted by molar-refractivity contribution is 6.31. The minimum Gasteiger partial charge on any atom is -0.494 e. The maximum Gasteiger partial charge on any atom is 0.246 e. The van der Waals surface area contributed by atoms with Crippen LogP contribution in [0.1, 0.15) is 23.9 Å². The van der Waals surface area contributed by atoms with Crippen molar-refractivity contribution in [3.63, 3.8) is 0 Å². The third-order valence-electron chi connectivity index (χ3n) is 3.40. The fourth-order valence-corrected chi connectivity index (χ4v) is 2.38. The van der Waals surface area contributed by atoms with Crippen molar-refractivity contribution in [1.29, 1.82) is 0 Å². The fourth-order valence-electron chi connectivity index (χ4n) is 2.24. The number of carbonyl (C=O) groups is 1. The summed E-state index contributed by atoms with van der Waals surface area (Å²) in [7, 11) is 0. The molecule has 0 bridgehead atoms. The van der Waals surface area contributed by atoms with Gasteiger partial charge in [0.2, 0.25) is 5.91 Å². The number of nitrogens with one attached hydrogen (secondary N) is 1. The number of aliphatic hydroxyl groups excluding tert-OH is 1. The van der Waals surface area contributed by atoms with Gasteiger partial charge in [-0.15, -0.1) is 0 Å². The number of benzene rings is 1. The van der Waals surface area contributed by atoms with Gasteiger partial charge in [-0.1, -0.05) is 11.6 Å². The van der Waals surface area contributed by atoms with Crippen LogP contribution >= 0.6 is 11.6 Å². The quantitative estimate of drug-likeness (QED) is 0.849. The number of aliphatic hydroxyl groups is 1. The number of hydrogen-bond donors (Lipinski definition) is 2. The number of halogens is 1. The number of carbonyl (C=O) groups excluding carboxylic acids is 1. The lowest BCUT2D eigenvalue weighted by Crippen LogP contribution is -2.20. The molecule has 0 aliphatic heterocycles. The van der Waals surface area contributed by atoms with Crippen molar-refractivity contribution in [3.05, 3.63) is 40.2 Å². The van der Waals surface area contributed by atoms with Crippen molar-refractivity contribution in [2.45, 2.75) is 33.9 Å². The Morgan fingerprint density at radius 1 is 1.43 bits per heavy atom. The summed E-state index contributed by atoms with van der Waals surface area (Å²) in [4.78, 5) is 12.2. The van der Waals surface area contributed by atoms with E-state index in [9.17, 15) is 9.90 Å².